The van der Waals surface area contributed by atoms with Gasteiger partial charge < -0.3 is 20.3 Å². The minimum Gasteiger partial charge on any atom is -0.381 e. The van der Waals surface area contributed by atoms with Gasteiger partial charge in [0, 0.05) is 44.3 Å². The van der Waals surface area contributed by atoms with E-state index in [4.69, 9.17) is 10.5 Å². The lowest BCUT2D eigenvalue weighted by Gasteiger charge is -2.39. The molecular weight excluding hydrogens is 278 g/mol. The molecular formula is C17H31N3O2. The first-order chi connectivity index (χ1) is 10.7. The second-order valence-corrected chi connectivity index (χ2v) is 7.19. The van der Waals surface area contributed by atoms with E-state index >= 15 is 0 Å². The highest BCUT2D eigenvalue weighted by Gasteiger charge is 2.32. The van der Waals surface area contributed by atoms with Crippen LogP contribution in [0.15, 0.2) is 0 Å². The van der Waals surface area contributed by atoms with Gasteiger partial charge in [-0.1, -0.05) is 6.42 Å². The van der Waals surface area contributed by atoms with Crippen molar-refractivity contribution in [2.24, 2.45) is 11.7 Å². The Kier molecular flexibility index (Phi) is 5.71. The van der Waals surface area contributed by atoms with Crippen molar-refractivity contribution in [1.29, 1.82) is 0 Å². The van der Waals surface area contributed by atoms with Crippen molar-refractivity contribution in [3.63, 3.8) is 0 Å². The molecule has 0 spiro atoms. The number of likely N-dealkylation sites (tertiary alicyclic amines) is 2. The smallest absolute Gasteiger partial charge is 0.225 e. The number of piperidine rings is 1. The second kappa shape index (κ2) is 7.75. The fraction of sp³-hybridized carbons (Fsp3) is 0.941. The third kappa shape index (κ3) is 4.00. The number of hydrogen-bond acceptors (Lipinski definition) is 4. The maximum Gasteiger partial charge on any atom is 0.225 e. The molecule has 5 nitrogen and oxygen atoms in total. The van der Waals surface area contributed by atoms with E-state index in [-0.39, 0.29) is 12.0 Å². The maximum absolute atomic E-state index is 12.8. The Labute approximate surface area is 134 Å². The van der Waals surface area contributed by atoms with Gasteiger partial charge in [0.2, 0.25) is 5.91 Å². The lowest BCUT2D eigenvalue weighted by atomic mass is 9.93. The summed E-state index contributed by atoms with van der Waals surface area (Å²) in [5.74, 6) is 0.588. The molecule has 3 aliphatic rings. The van der Waals surface area contributed by atoms with Gasteiger partial charge in [0.25, 0.3) is 0 Å². The van der Waals surface area contributed by atoms with Crippen LogP contribution in [0.2, 0.25) is 0 Å². The summed E-state index contributed by atoms with van der Waals surface area (Å²) in [6.45, 7) is 5.61. The Hall–Kier alpha value is -0.650. The number of ether oxygens (including phenoxy) is 1. The minimum absolute atomic E-state index is 0.175. The Balaban J connectivity index is 1.48. The molecule has 2 N–H and O–H groups in total. The molecule has 3 rings (SSSR count). The molecule has 5 heteroatoms. The topological polar surface area (TPSA) is 58.8 Å². The van der Waals surface area contributed by atoms with Gasteiger partial charge in [0.1, 0.15) is 0 Å². The number of carbonyl (C=O) groups excluding carboxylic acids is 1. The fourth-order valence-corrected chi connectivity index (χ4v) is 4.20. The van der Waals surface area contributed by atoms with E-state index in [0.29, 0.717) is 11.9 Å². The molecule has 0 aromatic heterocycles. The Bertz CT molecular complexity index is 363. The highest BCUT2D eigenvalue weighted by atomic mass is 16.5. The zero-order valence-electron chi connectivity index (χ0n) is 13.7. The van der Waals surface area contributed by atoms with Crippen LogP contribution in [0, 0.1) is 5.92 Å². The van der Waals surface area contributed by atoms with Crippen LogP contribution in [0.4, 0.5) is 0 Å². The molecule has 1 unspecified atom stereocenters. The first-order valence-electron chi connectivity index (χ1n) is 9.10. The number of hydrogen-bond donors (Lipinski definition) is 1. The number of nitrogens with two attached hydrogens (primary N) is 1. The molecule has 3 saturated heterocycles. The molecule has 0 saturated carbocycles. The molecule has 1 amide bonds. The van der Waals surface area contributed by atoms with Crippen molar-refractivity contribution in [2.45, 2.75) is 57.0 Å². The summed E-state index contributed by atoms with van der Waals surface area (Å²) in [6.07, 6.45) is 7.67. The van der Waals surface area contributed by atoms with Crippen LogP contribution in [0.5, 0.6) is 0 Å². The third-order valence-electron chi connectivity index (χ3n) is 5.61. The maximum atomic E-state index is 12.8. The summed E-state index contributed by atoms with van der Waals surface area (Å²) < 4.78 is 5.45. The molecule has 0 bridgehead atoms. The van der Waals surface area contributed by atoms with Crippen LogP contribution >= 0.6 is 0 Å². The van der Waals surface area contributed by atoms with Crippen LogP contribution in [-0.4, -0.2) is 67.2 Å². The van der Waals surface area contributed by atoms with Crippen LogP contribution in [0.3, 0.4) is 0 Å². The van der Waals surface area contributed by atoms with E-state index in [0.717, 1.165) is 84.3 Å². The second-order valence-electron chi connectivity index (χ2n) is 7.19. The Morgan fingerprint density at radius 3 is 2.41 bits per heavy atom. The Morgan fingerprint density at radius 2 is 1.68 bits per heavy atom. The monoisotopic (exact) mass is 309 g/mol. The summed E-state index contributed by atoms with van der Waals surface area (Å²) >= 11 is 0. The Morgan fingerprint density at radius 1 is 0.955 bits per heavy atom. The summed E-state index contributed by atoms with van der Waals surface area (Å²) in [5.41, 5.74) is 6.10. The fourth-order valence-electron chi connectivity index (χ4n) is 4.20. The standard InChI is InChI=1S/C17H31N3O2/c18-15-3-1-2-8-20(13-15)17(21)14-4-9-19(10-5-14)16-6-11-22-12-7-16/h14-16H,1-13,18H2. The van der Waals surface area contributed by atoms with Gasteiger partial charge in [0.15, 0.2) is 0 Å². The summed E-state index contributed by atoms with van der Waals surface area (Å²) in [4.78, 5) is 17.4. The lowest BCUT2D eigenvalue weighted by Crippen LogP contribution is -2.48. The van der Waals surface area contributed by atoms with Gasteiger partial charge in [0.05, 0.1) is 0 Å². The van der Waals surface area contributed by atoms with E-state index in [9.17, 15) is 4.79 Å². The van der Waals surface area contributed by atoms with Crippen molar-refractivity contribution in [2.75, 3.05) is 39.4 Å². The number of nitrogens with zero attached hydrogens (tertiary/aromatic N) is 2. The predicted molar refractivity (Wildman–Crippen MR) is 86.5 cm³/mol. The van der Waals surface area contributed by atoms with Gasteiger partial charge in [-0.05, 0) is 51.6 Å². The number of amides is 1. The van der Waals surface area contributed by atoms with Crippen molar-refractivity contribution in [1.82, 2.24) is 9.80 Å². The summed E-state index contributed by atoms with van der Waals surface area (Å²) in [6, 6.07) is 0.852. The van der Waals surface area contributed by atoms with E-state index in [1.165, 1.54) is 0 Å². The molecule has 22 heavy (non-hydrogen) atoms. The molecule has 0 aliphatic carbocycles. The molecule has 3 heterocycles. The van der Waals surface area contributed by atoms with Crippen LogP contribution in [-0.2, 0) is 9.53 Å². The van der Waals surface area contributed by atoms with Gasteiger partial charge in [-0.3, -0.25) is 4.79 Å². The highest BCUT2D eigenvalue weighted by Crippen LogP contribution is 2.25. The van der Waals surface area contributed by atoms with E-state index < -0.39 is 0 Å². The summed E-state index contributed by atoms with van der Waals surface area (Å²) in [5, 5.41) is 0. The molecule has 126 valence electrons. The van der Waals surface area contributed by atoms with Gasteiger partial charge >= 0.3 is 0 Å². The average Bonchev–Trinajstić information content (AvgIpc) is 2.80. The normalized spacial score (nSPS) is 30.2. The molecule has 3 fully saturated rings. The molecule has 0 aromatic rings. The lowest BCUT2D eigenvalue weighted by molar-refractivity contribution is -0.137. The quantitative estimate of drug-likeness (QED) is 0.833. The van der Waals surface area contributed by atoms with E-state index in [1.54, 1.807) is 0 Å². The van der Waals surface area contributed by atoms with Gasteiger partial charge in [-0.2, -0.15) is 0 Å². The zero-order valence-corrected chi connectivity index (χ0v) is 13.7. The predicted octanol–water partition coefficient (Wildman–Crippen LogP) is 1.22. The first-order valence-corrected chi connectivity index (χ1v) is 9.10. The minimum atomic E-state index is 0.175. The van der Waals surface area contributed by atoms with Crippen LogP contribution in [0.25, 0.3) is 0 Å². The van der Waals surface area contributed by atoms with Crippen molar-refractivity contribution in [3.8, 4) is 0 Å². The van der Waals surface area contributed by atoms with E-state index in [2.05, 4.69) is 4.90 Å². The first kappa shape index (κ1) is 16.2. The summed E-state index contributed by atoms with van der Waals surface area (Å²) in [7, 11) is 0. The van der Waals surface area contributed by atoms with Crippen molar-refractivity contribution in [3.05, 3.63) is 0 Å². The van der Waals surface area contributed by atoms with Gasteiger partial charge in [-0.15, -0.1) is 0 Å². The number of carbonyl (C=O) groups is 1. The molecule has 0 aromatic carbocycles. The third-order valence-corrected chi connectivity index (χ3v) is 5.61. The van der Waals surface area contributed by atoms with Gasteiger partial charge in [-0.25, -0.2) is 0 Å². The molecule has 0 radical (unpaired) electrons. The largest absolute Gasteiger partial charge is 0.381 e. The van der Waals surface area contributed by atoms with E-state index in [1.807, 2.05) is 4.90 Å². The zero-order chi connectivity index (χ0) is 15.4. The average molecular weight is 309 g/mol. The highest BCUT2D eigenvalue weighted by molar-refractivity contribution is 5.79. The van der Waals surface area contributed by atoms with Crippen LogP contribution < -0.4 is 5.73 Å². The van der Waals surface area contributed by atoms with Crippen LogP contribution in [0.1, 0.15) is 44.9 Å². The van der Waals surface area contributed by atoms with Crippen molar-refractivity contribution >= 4 is 5.91 Å². The molecule has 1 atom stereocenters. The van der Waals surface area contributed by atoms with Crippen molar-refractivity contribution < 1.29 is 9.53 Å². The molecule has 3 aliphatic heterocycles. The SMILES string of the molecule is NC1CCCCN(C(=O)C2CCN(C3CCOCC3)CC2)C1. The number of rotatable bonds is 2.